The van der Waals surface area contributed by atoms with Gasteiger partial charge in [-0.3, -0.25) is 4.79 Å². The highest BCUT2D eigenvalue weighted by Crippen LogP contribution is 2.29. The second kappa shape index (κ2) is 8.53. The van der Waals surface area contributed by atoms with Gasteiger partial charge in [-0.25, -0.2) is 4.98 Å². The van der Waals surface area contributed by atoms with Crippen LogP contribution in [0.4, 0.5) is 18.9 Å². The van der Waals surface area contributed by atoms with Crippen molar-refractivity contribution in [1.82, 2.24) is 19.7 Å². The fourth-order valence-electron chi connectivity index (χ4n) is 2.88. The van der Waals surface area contributed by atoms with Gasteiger partial charge in [0.15, 0.2) is 0 Å². The van der Waals surface area contributed by atoms with E-state index in [2.05, 4.69) is 25.0 Å². The van der Waals surface area contributed by atoms with Crippen LogP contribution < -0.4 is 10.1 Å². The van der Waals surface area contributed by atoms with Gasteiger partial charge in [0.1, 0.15) is 5.75 Å². The SMILES string of the molecule is COc1ccc(NC(=O)Cc2cn(-c3ccc(-c4noc(C(F)(F)F)n4)cc3)cn2)cc1. The van der Waals surface area contributed by atoms with E-state index < -0.39 is 12.1 Å². The summed E-state index contributed by atoms with van der Waals surface area (Å²) in [5.41, 5.74) is 2.25. The Bertz CT molecular complexity index is 1210. The highest BCUT2D eigenvalue weighted by atomic mass is 19.4. The molecule has 0 aliphatic carbocycles. The minimum absolute atomic E-state index is 0.0696. The van der Waals surface area contributed by atoms with Gasteiger partial charge < -0.3 is 19.1 Å². The van der Waals surface area contributed by atoms with Crippen molar-refractivity contribution in [2.45, 2.75) is 12.6 Å². The second-order valence-electron chi connectivity index (χ2n) is 6.69. The molecule has 0 saturated carbocycles. The molecule has 1 N–H and O–H groups in total. The van der Waals surface area contributed by atoms with Gasteiger partial charge in [0.25, 0.3) is 0 Å². The lowest BCUT2D eigenvalue weighted by atomic mass is 10.2. The molecule has 2 aromatic carbocycles. The molecule has 4 rings (SSSR count). The monoisotopic (exact) mass is 443 g/mol. The van der Waals surface area contributed by atoms with E-state index >= 15 is 0 Å². The Morgan fingerprint density at radius 2 is 1.84 bits per heavy atom. The number of hydrogen-bond donors (Lipinski definition) is 1. The van der Waals surface area contributed by atoms with Crippen molar-refractivity contribution in [3.63, 3.8) is 0 Å². The minimum atomic E-state index is -4.70. The molecule has 0 radical (unpaired) electrons. The molecule has 0 atom stereocenters. The van der Waals surface area contributed by atoms with Crippen molar-refractivity contribution in [2.24, 2.45) is 0 Å². The normalized spacial score (nSPS) is 11.4. The van der Waals surface area contributed by atoms with Crippen LogP contribution in [0.25, 0.3) is 17.1 Å². The van der Waals surface area contributed by atoms with Crippen LogP contribution in [0.15, 0.2) is 65.6 Å². The van der Waals surface area contributed by atoms with Crippen LogP contribution in [-0.4, -0.2) is 32.7 Å². The van der Waals surface area contributed by atoms with Crippen LogP contribution in [-0.2, 0) is 17.4 Å². The number of benzene rings is 2. The summed E-state index contributed by atoms with van der Waals surface area (Å²) < 4.78 is 48.8. The van der Waals surface area contributed by atoms with Crippen molar-refractivity contribution in [2.75, 3.05) is 12.4 Å². The number of methoxy groups -OCH3 is 1. The number of amides is 1. The van der Waals surface area contributed by atoms with E-state index in [-0.39, 0.29) is 18.2 Å². The summed E-state index contributed by atoms with van der Waals surface area (Å²) in [7, 11) is 1.56. The number of rotatable bonds is 6. The molecule has 32 heavy (non-hydrogen) atoms. The van der Waals surface area contributed by atoms with Crippen LogP contribution in [0.3, 0.4) is 0 Å². The van der Waals surface area contributed by atoms with Gasteiger partial charge in [-0.15, -0.1) is 0 Å². The smallest absolute Gasteiger partial charge is 0.471 e. The lowest BCUT2D eigenvalue weighted by Gasteiger charge is -2.05. The molecule has 0 aliphatic heterocycles. The summed E-state index contributed by atoms with van der Waals surface area (Å²) in [6.45, 7) is 0. The number of hydrogen-bond acceptors (Lipinski definition) is 6. The highest BCUT2D eigenvalue weighted by molar-refractivity contribution is 5.92. The zero-order valence-corrected chi connectivity index (χ0v) is 16.6. The van der Waals surface area contributed by atoms with Crippen molar-refractivity contribution >= 4 is 11.6 Å². The number of halogens is 3. The Balaban J connectivity index is 1.40. The summed E-state index contributed by atoms with van der Waals surface area (Å²) in [6, 6.07) is 13.4. The van der Waals surface area contributed by atoms with Crippen LogP contribution in [0.1, 0.15) is 11.6 Å². The summed E-state index contributed by atoms with van der Waals surface area (Å²) in [5.74, 6) is -1.10. The Labute approximate surface area is 179 Å². The lowest BCUT2D eigenvalue weighted by molar-refractivity contribution is -0.159. The van der Waals surface area contributed by atoms with Crippen LogP contribution in [0.5, 0.6) is 5.75 Å². The first-order valence-electron chi connectivity index (χ1n) is 9.30. The minimum Gasteiger partial charge on any atom is -0.497 e. The highest BCUT2D eigenvalue weighted by Gasteiger charge is 2.38. The molecule has 4 aromatic rings. The zero-order chi connectivity index (χ0) is 22.7. The number of carbonyl (C=O) groups is 1. The maximum absolute atomic E-state index is 12.6. The molecule has 0 bridgehead atoms. The van der Waals surface area contributed by atoms with Crippen LogP contribution in [0.2, 0.25) is 0 Å². The third-order valence-corrected chi connectivity index (χ3v) is 4.44. The van der Waals surface area contributed by atoms with E-state index in [1.807, 2.05) is 0 Å². The number of imidazole rings is 1. The van der Waals surface area contributed by atoms with Gasteiger partial charge in [0.2, 0.25) is 11.7 Å². The molecule has 0 aliphatic rings. The molecular weight excluding hydrogens is 427 g/mol. The zero-order valence-electron chi connectivity index (χ0n) is 16.6. The van der Waals surface area contributed by atoms with E-state index in [0.29, 0.717) is 28.4 Å². The maximum atomic E-state index is 12.6. The quantitative estimate of drug-likeness (QED) is 0.482. The maximum Gasteiger partial charge on any atom is 0.471 e. The molecule has 1 amide bonds. The van der Waals surface area contributed by atoms with Gasteiger partial charge in [-0.05, 0) is 48.5 Å². The standard InChI is InChI=1S/C21H16F3N5O3/c1-31-17-8-4-14(5-9-17)26-18(30)10-15-11-29(12-25-15)16-6-2-13(3-7-16)19-27-20(32-28-19)21(22,23)24/h2-9,11-12H,10H2,1H3,(H,26,30). The molecule has 164 valence electrons. The van der Waals surface area contributed by atoms with Gasteiger partial charge in [0.05, 0.1) is 25.6 Å². The average Bonchev–Trinajstić information content (AvgIpc) is 3.44. The third-order valence-electron chi connectivity index (χ3n) is 4.44. The predicted molar refractivity (Wildman–Crippen MR) is 107 cm³/mol. The summed E-state index contributed by atoms with van der Waals surface area (Å²) in [6.07, 6.45) is -1.39. The topological polar surface area (TPSA) is 95.1 Å². The Morgan fingerprint density at radius 3 is 2.47 bits per heavy atom. The van der Waals surface area contributed by atoms with Crippen molar-refractivity contribution in [3.05, 3.63) is 72.6 Å². The van der Waals surface area contributed by atoms with E-state index in [4.69, 9.17) is 4.74 Å². The Morgan fingerprint density at radius 1 is 1.12 bits per heavy atom. The molecule has 11 heteroatoms. The van der Waals surface area contributed by atoms with Crippen molar-refractivity contribution in [1.29, 1.82) is 0 Å². The predicted octanol–water partition coefficient (Wildman–Crippen LogP) is 4.13. The molecule has 8 nitrogen and oxygen atoms in total. The number of aromatic nitrogens is 4. The van der Waals surface area contributed by atoms with E-state index in [9.17, 15) is 18.0 Å². The molecular formula is C21H16F3N5O3. The molecule has 0 spiro atoms. The molecule has 0 unspecified atom stereocenters. The molecule has 2 aromatic heterocycles. The summed E-state index contributed by atoms with van der Waals surface area (Å²) in [5, 5.41) is 6.14. The van der Waals surface area contributed by atoms with Crippen LogP contribution in [0, 0.1) is 0 Å². The largest absolute Gasteiger partial charge is 0.497 e. The van der Waals surface area contributed by atoms with Gasteiger partial charge >= 0.3 is 12.1 Å². The van der Waals surface area contributed by atoms with E-state index in [0.717, 1.165) is 0 Å². The van der Waals surface area contributed by atoms with Gasteiger partial charge in [-0.2, -0.15) is 18.2 Å². The first-order chi connectivity index (χ1) is 15.3. The average molecular weight is 443 g/mol. The number of nitrogens with one attached hydrogen (secondary N) is 1. The molecule has 0 fully saturated rings. The van der Waals surface area contributed by atoms with Gasteiger partial charge in [0, 0.05) is 23.1 Å². The van der Waals surface area contributed by atoms with Crippen molar-refractivity contribution in [3.8, 4) is 22.8 Å². The first-order valence-corrected chi connectivity index (χ1v) is 9.30. The number of carbonyl (C=O) groups excluding carboxylic acids is 1. The fraction of sp³-hybridized carbons (Fsp3) is 0.143. The fourth-order valence-corrected chi connectivity index (χ4v) is 2.88. The van der Waals surface area contributed by atoms with Crippen molar-refractivity contribution < 1.29 is 27.2 Å². The summed E-state index contributed by atoms with van der Waals surface area (Å²) in [4.78, 5) is 19.9. The number of alkyl halides is 3. The number of anilines is 1. The lowest BCUT2D eigenvalue weighted by Crippen LogP contribution is -2.14. The number of ether oxygens (including phenoxy) is 1. The first kappa shape index (κ1) is 21.1. The Kier molecular flexibility index (Phi) is 5.63. The molecule has 0 saturated heterocycles. The van der Waals surface area contributed by atoms with E-state index in [1.54, 1.807) is 72.7 Å². The Hall–Kier alpha value is -4.15. The summed E-state index contributed by atoms with van der Waals surface area (Å²) >= 11 is 0. The van der Waals surface area contributed by atoms with Crippen LogP contribution >= 0.6 is 0 Å². The second-order valence-corrected chi connectivity index (χ2v) is 6.69. The number of nitrogens with zero attached hydrogens (tertiary/aromatic N) is 4. The van der Waals surface area contributed by atoms with Gasteiger partial charge in [-0.1, -0.05) is 5.16 Å². The molecule has 2 heterocycles. The third kappa shape index (κ3) is 4.77. The van der Waals surface area contributed by atoms with E-state index in [1.165, 1.54) is 0 Å².